The Balaban J connectivity index is 1.85. The second-order valence-electron chi connectivity index (χ2n) is 4.43. The third kappa shape index (κ3) is 2.67. The summed E-state index contributed by atoms with van der Waals surface area (Å²) in [5, 5.41) is 0. The lowest BCUT2D eigenvalue weighted by Gasteiger charge is -2.09. The smallest absolute Gasteiger partial charge is 0.177 e. The van der Waals surface area contributed by atoms with Crippen molar-refractivity contribution in [1.29, 1.82) is 0 Å². The maximum absolute atomic E-state index is 6.19. The van der Waals surface area contributed by atoms with E-state index in [1.807, 2.05) is 36.4 Å². The van der Waals surface area contributed by atoms with E-state index >= 15 is 0 Å². The summed E-state index contributed by atoms with van der Waals surface area (Å²) in [6, 6.07) is 11.9. The van der Waals surface area contributed by atoms with Crippen molar-refractivity contribution < 1.29 is 0 Å². The van der Waals surface area contributed by atoms with Gasteiger partial charge in [-0.2, -0.15) is 0 Å². The first-order chi connectivity index (χ1) is 9.22. The van der Waals surface area contributed by atoms with Crippen molar-refractivity contribution in [2.24, 2.45) is 5.73 Å². The number of nitrogens with zero attached hydrogens (tertiary/aromatic N) is 2. The minimum atomic E-state index is -0.0646. The summed E-state index contributed by atoms with van der Waals surface area (Å²) in [5.74, 6) is 0.858. The minimum Gasteiger partial charge on any atom is -0.341 e. The first-order valence-corrected chi connectivity index (χ1v) is 6.82. The van der Waals surface area contributed by atoms with Crippen molar-refractivity contribution in [1.82, 2.24) is 15.0 Å². The fourth-order valence-electron chi connectivity index (χ4n) is 2.05. The molecule has 3 aromatic rings. The Labute approximate surface area is 119 Å². The van der Waals surface area contributed by atoms with Crippen molar-refractivity contribution in [3.05, 3.63) is 58.5 Å². The molecule has 3 N–H and O–H groups in total. The molecule has 0 bridgehead atoms. The largest absolute Gasteiger partial charge is 0.341 e. The molecule has 5 heteroatoms. The normalized spacial score (nSPS) is 12.7. The first kappa shape index (κ1) is 12.3. The lowest BCUT2D eigenvalue weighted by molar-refractivity contribution is 0.696. The highest BCUT2D eigenvalue weighted by atomic mass is 79.9. The highest BCUT2D eigenvalue weighted by molar-refractivity contribution is 9.10. The van der Waals surface area contributed by atoms with Gasteiger partial charge in [-0.1, -0.05) is 30.3 Å². The van der Waals surface area contributed by atoms with E-state index in [2.05, 4.69) is 30.9 Å². The standard InChI is InChI=1S/C14H13BrN4/c15-10-6-12-14(17-8-10)19-13(18-12)7-11(16)9-4-2-1-3-5-9/h1-6,8,11H,7,16H2,(H,17,18,19). The molecule has 4 nitrogen and oxygen atoms in total. The Morgan fingerprint density at radius 3 is 2.84 bits per heavy atom. The van der Waals surface area contributed by atoms with Crippen LogP contribution in [0.3, 0.4) is 0 Å². The number of hydrogen-bond donors (Lipinski definition) is 2. The molecule has 96 valence electrons. The predicted octanol–water partition coefficient (Wildman–Crippen LogP) is 2.96. The average molecular weight is 317 g/mol. The summed E-state index contributed by atoms with van der Waals surface area (Å²) >= 11 is 3.39. The van der Waals surface area contributed by atoms with Crippen LogP contribution in [0.5, 0.6) is 0 Å². The number of halogens is 1. The van der Waals surface area contributed by atoms with Gasteiger partial charge in [-0.3, -0.25) is 0 Å². The van der Waals surface area contributed by atoms with Crippen LogP contribution in [0, 0.1) is 0 Å². The van der Waals surface area contributed by atoms with E-state index in [1.54, 1.807) is 6.20 Å². The van der Waals surface area contributed by atoms with Gasteiger partial charge in [0.25, 0.3) is 0 Å². The van der Waals surface area contributed by atoms with E-state index in [0.717, 1.165) is 27.0 Å². The number of aromatic nitrogens is 3. The molecule has 2 heterocycles. The van der Waals surface area contributed by atoms with Gasteiger partial charge in [0, 0.05) is 23.1 Å². The van der Waals surface area contributed by atoms with Gasteiger partial charge in [0.1, 0.15) is 5.82 Å². The SMILES string of the molecule is NC(Cc1nc2ncc(Br)cc2[nH]1)c1ccccc1. The zero-order valence-electron chi connectivity index (χ0n) is 10.2. The first-order valence-electron chi connectivity index (χ1n) is 6.03. The quantitative estimate of drug-likeness (QED) is 0.780. The van der Waals surface area contributed by atoms with E-state index in [-0.39, 0.29) is 6.04 Å². The van der Waals surface area contributed by atoms with Crippen molar-refractivity contribution >= 4 is 27.1 Å². The molecule has 19 heavy (non-hydrogen) atoms. The Hall–Kier alpha value is -1.72. The van der Waals surface area contributed by atoms with E-state index in [4.69, 9.17) is 5.73 Å². The van der Waals surface area contributed by atoms with Crippen LogP contribution < -0.4 is 5.73 Å². The maximum Gasteiger partial charge on any atom is 0.177 e. The van der Waals surface area contributed by atoms with Gasteiger partial charge in [-0.25, -0.2) is 9.97 Å². The molecule has 0 aliphatic rings. The predicted molar refractivity (Wildman–Crippen MR) is 78.7 cm³/mol. The Morgan fingerprint density at radius 1 is 1.26 bits per heavy atom. The Kier molecular flexibility index (Phi) is 3.31. The Bertz CT molecular complexity index is 693. The summed E-state index contributed by atoms with van der Waals surface area (Å²) in [6.45, 7) is 0. The zero-order chi connectivity index (χ0) is 13.2. The molecule has 0 aliphatic heterocycles. The van der Waals surface area contributed by atoms with Crippen LogP contribution in [0.25, 0.3) is 11.2 Å². The number of aromatic amines is 1. The van der Waals surface area contributed by atoms with Gasteiger partial charge in [-0.05, 0) is 27.6 Å². The molecule has 0 amide bonds. The number of pyridine rings is 1. The summed E-state index contributed by atoms with van der Waals surface area (Å²) in [5.41, 5.74) is 8.94. The van der Waals surface area contributed by atoms with Crippen molar-refractivity contribution in [2.75, 3.05) is 0 Å². The molecule has 1 unspecified atom stereocenters. The second kappa shape index (κ2) is 5.11. The molecule has 1 atom stereocenters. The number of fused-ring (bicyclic) bond motifs is 1. The number of imidazole rings is 1. The summed E-state index contributed by atoms with van der Waals surface area (Å²) in [7, 11) is 0. The van der Waals surface area contributed by atoms with Gasteiger partial charge in [0.2, 0.25) is 0 Å². The number of H-pyrrole nitrogens is 1. The zero-order valence-corrected chi connectivity index (χ0v) is 11.8. The number of hydrogen-bond acceptors (Lipinski definition) is 3. The second-order valence-corrected chi connectivity index (χ2v) is 5.35. The summed E-state index contributed by atoms with van der Waals surface area (Å²) in [4.78, 5) is 12.0. The van der Waals surface area contributed by atoms with Crippen molar-refractivity contribution in [3.63, 3.8) is 0 Å². The minimum absolute atomic E-state index is 0.0646. The summed E-state index contributed by atoms with van der Waals surface area (Å²) < 4.78 is 0.933. The molecular weight excluding hydrogens is 304 g/mol. The van der Waals surface area contributed by atoms with Crippen LogP contribution in [0.4, 0.5) is 0 Å². The summed E-state index contributed by atoms with van der Waals surface area (Å²) in [6.07, 6.45) is 2.40. The fraction of sp³-hybridized carbons (Fsp3) is 0.143. The average Bonchev–Trinajstić information content (AvgIpc) is 2.81. The molecule has 1 aromatic carbocycles. The Morgan fingerprint density at radius 2 is 2.05 bits per heavy atom. The van der Waals surface area contributed by atoms with E-state index in [1.165, 1.54) is 0 Å². The maximum atomic E-state index is 6.19. The molecule has 0 saturated carbocycles. The molecule has 3 rings (SSSR count). The number of nitrogens with two attached hydrogens (primary N) is 1. The van der Waals surface area contributed by atoms with Crippen molar-refractivity contribution in [2.45, 2.75) is 12.5 Å². The van der Waals surface area contributed by atoms with Crippen LogP contribution in [0.1, 0.15) is 17.4 Å². The highest BCUT2D eigenvalue weighted by Crippen LogP contribution is 2.18. The molecular formula is C14H13BrN4. The van der Waals surface area contributed by atoms with E-state index in [0.29, 0.717) is 6.42 Å². The lowest BCUT2D eigenvalue weighted by Crippen LogP contribution is -2.13. The van der Waals surface area contributed by atoms with Gasteiger partial charge >= 0.3 is 0 Å². The molecule has 0 fully saturated rings. The van der Waals surface area contributed by atoms with Crippen LogP contribution in [-0.4, -0.2) is 15.0 Å². The number of nitrogens with one attached hydrogen (secondary N) is 1. The molecule has 2 aromatic heterocycles. The topological polar surface area (TPSA) is 67.6 Å². The fourth-order valence-corrected chi connectivity index (χ4v) is 2.38. The molecule has 0 saturated heterocycles. The number of benzene rings is 1. The van der Waals surface area contributed by atoms with Gasteiger partial charge in [0.15, 0.2) is 5.65 Å². The highest BCUT2D eigenvalue weighted by Gasteiger charge is 2.10. The van der Waals surface area contributed by atoms with Crippen LogP contribution in [0.15, 0.2) is 47.1 Å². The van der Waals surface area contributed by atoms with Gasteiger partial charge in [0.05, 0.1) is 5.52 Å². The van der Waals surface area contributed by atoms with Crippen molar-refractivity contribution in [3.8, 4) is 0 Å². The van der Waals surface area contributed by atoms with Gasteiger partial charge in [-0.15, -0.1) is 0 Å². The van der Waals surface area contributed by atoms with E-state index < -0.39 is 0 Å². The monoisotopic (exact) mass is 316 g/mol. The molecule has 0 radical (unpaired) electrons. The van der Waals surface area contributed by atoms with Crippen LogP contribution in [0.2, 0.25) is 0 Å². The third-order valence-electron chi connectivity index (χ3n) is 2.99. The molecule has 0 spiro atoms. The number of rotatable bonds is 3. The van der Waals surface area contributed by atoms with Crippen LogP contribution >= 0.6 is 15.9 Å². The molecule has 0 aliphatic carbocycles. The van der Waals surface area contributed by atoms with Crippen LogP contribution in [-0.2, 0) is 6.42 Å². The third-order valence-corrected chi connectivity index (χ3v) is 3.43. The van der Waals surface area contributed by atoms with Gasteiger partial charge < -0.3 is 10.7 Å². The lowest BCUT2D eigenvalue weighted by atomic mass is 10.0. The van der Waals surface area contributed by atoms with E-state index in [9.17, 15) is 0 Å².